The summed E-state index contributed by atoms with van der Waals surface area (Å²) in [5.74, 6) is -1.07. The molecule has 132 valence electrons. The highest BCUT2D eigenvalue weighted by Crippen LogP contribution is 2.27. The van der Waals surface area contributed by atoms with Crippen molar-refractivity contribution >= 4 is 27.6 Å². The smallest absolute Gasteiger partial charge is 0.311 e. The third-order valence-electron chi connectivity index (χ3n) is 4.15. The summed E-state index contributed by atoms with van der Waals surface area (Å²) in [5.41, 5.74) is 0.574. The average Bonchev–Trinajstić information content (AvgIpc) is 2.97. The van der Waals surface area contributed by atoms with Crippen LogP contribution in [-0.4, -0.2) is 51.3 Å². The minimum absolute atomic E-state index is 0.103. The number of carbonyl (C=O) groups is 2. The van der Waals surface area contributed by atoms with Crippen LogP contribution in [0.15, 0.2) is 29.2 Å². The molecule has 7 nitrogen and oxygen atoms in total. The van der Waals surface area contributed by atoms with Gasteiger partial charge in [0.15, 0.2) is 0 Å². The van der Waals surface area contributed by atoms with Crippen molar-refractivity contribution < 1.29 is 22.7 Å². The molecule has 0 bridgehead atoms. The van der Waals surface area contributed by atoms with E-state index in [0.29, 0.717) is 18.8 Å². The van der Waals surface area contributed by atoms with Crippen molar-refractivity contribution in [3.8, 4) is 0 Å². The topological polar surface area (TPSA) is 84.0 Å². The molecule has 0 spiro atoms. The molecule has 0 N–H and O–H groups in total. The van der Waals surface area contributed by atoms with E-state index >= 15 is 0 Å². The van der Waals surface area contributed by atoms with Crippen molar-refractivity contribution in [1.82, 2.24) is 4.31 Å². The van der Waals surface area contributed by atoms with E-state index in [9.17, 15) is 18.0 Å². The van der Waals surface area contributed by atoms with Crippen LogP contribution in [0, 0.1) is 5.92 Å². The van der Waals surface area contributed by atoms with Gasteiger partial charge in [-0.3, -0.25) is 9.59 Å². The van der Waals surface area contributed by atoms with E-state index in [2.05, 4.69) is 4.74 Å². The maximum Gasteiger partial charge on any atom is 0.311 e. The fourth-order valence-electron chi connectivity index (χ4n) is 2.79. The number of nitrogens with zero attached hydrogens (tertiary/aromatic N) is 2. The summed E-state index contributed by atoms with van der Waals surface area (Å²) < 4.78 is 31.0. The highest BCUT2D eigenvalue weighted by Gasteiger charge is 2.36. The van der Waals surface area contributed by atoms with Gasteiger partial charge in [-0.1, -0.05) is 13.8 Å². The van der Waals surface area contributed by atoms with Gasteiger partial charge in [0.1, 0.15) is 0 Å². The first-order valence-electron chi connectivity index (χ1n) is 7.83. The van der Waals surface area contributed by atoms with Crippen molar-refractivity contribution in [2.45, 2.75) is 25.2 Å². The number of anilines is 1. The summed E-state index contributed by atoms with van der Waals surface area (Å²) in [6.45, 7) is 4.60. The number of benzene rings is 1. The number of carbonyl (C=O) groups excluding carboxylic acids is 2. The molecular formula is C16H22N2O5S. The maximum atomic E-state index is 12.5. The molecule has 1 aromatic rings. The number of hydrogen-bond acceptors (Lipinski definition) is 5. The number of sulfonamides is 1. The molecule has 24 heavy (non-hydrogen) atoms. The normalized spacial score (nSPS) is 18.2. The van der Waals surface area contributed by atoms with E-state index in [4.69, 9.17) is 0 Å². The molecule has 1 atom stereocenters. The standard InChI is InChI=1S/C16H22N2O5S/c1-4-17(5-2)24(21,22)14-8-6-13(7-9-14)18-11-12(10-15(18)19)16(20)23-3/h6-9,12H,4-5,10-11H2,1-3H3. The van der Waals surface area contributed by atoms with Crippen LogP contribution < -0.4 is 4.90 Å². The lowest BCUT2D eigenvalue weighted by Gasteiger charge is -2.20. The Balaban J connectivity index is 2.21. The average molecular weight is 354 g/mol. The van der Waals surface area contributed by atoms with Crippen LogP contribution in [0.2, 0.25) is 0 Å². The van der Waals surface area contributed by atoms with E-state index in [1.807, 2.05) is 0 Å². The number of esters is 1. The van der Waals surface area contributed by atoms with Crippen LogP contribution >= 0.6 is 0 Å². The highest BCUT2D eigenvalue weighted by molar-refractivity contribution is 7.89. The molecule has 1 unspecified atom stereocenters. The Kier molecular flexibility index (Phi) is 5.61. The summed E-state index contributed by atoms with van der Waals surface area (Å²) in [6, 6.07) is 6.16. The van der Waals surface area contributed by atoms with E-state index in [0.717, 1.165) is 0 Å². The van der Waals surface area contributed by atoms with Crippen molar-refractivity contribution in [1.29, 1.82) is 0 Å². The van der Waals surface area contributed by atoms with Gasteiger partial charge >= 0.3 is 5.97 Å². The monoisotopic (exact) mass is 354 g/mol. The fourth-order valence-corrected chi connectivity index (χ4v) is 4.25. The van der Waals surface area contributed by atoms with Crippen LogP contribution in [0.1, 0.15) is 20.3 Å². The minimum Gasteiger partial charge on any atom is -0.469 e. The molecule has 8 heteroatoms. The summed E-state index contributed by atoms with van der Waals surface area (Å²) in [7, 11) is -2.23. The predicted octanol–water partition coefficient (Wildman–Crippen LogP) is 1.24. The molecule has 0 aromatic heterocycles. The quantitative estimate of drug-likeness (QED) is 0.718. The van der Waals surface area contributed by atoms with Gasteiger partial charge in [-0.15, -0.1) is 0 Å². The van der Waals surface area contributed by atoms with Crippen LogP contribution in [-0.2, 0) is 24.3 Å². The zero-order chi connectivity index (χ0) is 17.9. The van der Waals surface area contributed by atoms with Gasteiger partial charge in [-0.05, 0) is 24.3 Å². The Morgan fingerprint density at radius 1 is 1.25 bits per heavy atom. The van der Waals surface area contributed by atoms with Gasteiger partial charge in [0.25, 0.3) is 0 Å². The molecular weight excluding hydrogens is 332 g/mol. The number of amides is 1. The number of ether oxygens (including phenoxy) is 1. The van der Waals surface area contributed by atoms with Gasteiger partial charge < -0.3 is 9.64 Å². The summed E-state index contributed by atoms with van der Waals surface area (Å²) in [4.78, 5) is 25.3. The third kappa shape index (κ3) is 3.44. The first kappa shape index (κ1) is 18.4. The largest absolute Gasteiger partial charge is 0.469 e. The first-order chi connectivity index (χ1) is 11.3. The molecule has 1 aliphatic heterocycles. The molecule has 0 radical (unpaired) electrons. The summed E-state index contributed by atoms with van der Waals surface area (Å²) in [5, 5.41) is 0. The lowest BCUT2D eigenvalue weighted by molar-refractivity contribution is -0.145. The fraction of sp³-hybridized carbons (Fsp3) is 0.500. The van der Waals surface area contributed by atoms with Crippen molar-refractivity contribution in [2.24, 2.45) is 5.92 Å². The highest BCUT2D eigenvalue weighted by atomic mass is 32.2. The van der Waals surface area contributed by atoms with Crippen LogP contribution in [0.4, 0.5) is 5.69 Å². The Labute approximate surface area is 142 Å². The number of methoxy groups -OCH3 is 1. The number of hydrogen-bond donors (Lipinski definition) is 0. The lowest BCUT2D eigenvalue weighted by Crippen LogP contribution is -2.30. The first-order valence-corrected chi connectivity index (χ1v) is 9.27. The number of rotatable bonds is 6. The molecule has 2 rings (SSSR count). The predicted molar refractivity (Wildman–Crippen MR) is 89.0 cm³/mol. The summed E-state index contributed by atoms with van der Waals surface area (Å²) in [6.07, 6.45) is 0.103. The maximum absolute atomic E-state index is 12.5. The second-order valence-electron chi connectivity index (χ2n) is 5.51. The van der Waals surface area contributed by atoms with Crippen molar-refractivity contribution in [2.75, 3.05) is 31.6 Å². The molecule has 1 heterocycles. The lowest BCUT2D eigenvalue weighted by atomic mass is 10.1. The van der Waals surface area contributed by atoms with E-state index < -0.39 is 21.9 Å². The Bertz CT molecular complexity index is 710. The zero-order valence-electron chi connectivity index (χ0n) is 14.1. The Morgan fingerprint density at radius 2 is 1.83 bits per heavy atom. The molecule has 1 fully saturated rings. The van der Waals surface area contributed by atoms with Crippen LogP contribution in [0.3, 0.4) is 0 Å². The zero-order valence-corrected chi connectivity index (χ0v) is 14.9. The Hall–Kier alpha value is -1.93. The summed E-state index contributed by atoms with van der Waals surface area (Å²) >= 11 is 0. The second kappa shape index (κ2) is 7.31. The third-order valence-corrected chi connectivity index (χ3v) is 6.22. The molecule has 1 aromatic carbocycles. The molecule has 0 saturated carbocycles. The van der Waals surface area contributed by atoms with Gasteiger partial charge in [-0.25, -0.2) is 8.42 Å². The van der Waals surface area contributed by atoms with Crippen molar-refractivity contribution in [3.63, 3.8) is 0 Å². The van der Waals surface area contributed by atoms with Gasteiger partial charge in [0.05, 0.1) is 17.9 Å². The van der Waals surface area contributed by atoms with E-state index in [-0.39, 0.29) is 23.8 Å². The van der Waals surface area contributed by atoms with Crippen LogP contribution in [0.5, 0.6) is 0 Å². The molecule has 0 aliphatic carbocycles. The van der Waals surface area contributed by atoms with Gasteiger partial charge in [-0.2, -0.15) is 4.31 Å². The van der Waals surface area contributed by atoms with Crippen LogP contribution in [0.25, 0.3) is 0 Å². The Morgan fingerprint density at radius 3 is 2.33 bits per heavy atom. The van der Waals surface area contributed by atoms with Gasteiger partial charge in [0.2, 0.25) is 15.9 Å². The second-order valence-corrected chi connectivity index (χ2v) is 7.45. The van der Waals surface area contributed by atoms with E-state index in [1.54, 1.807) is 26.0 Å². The molecule has 1 aliphatic rings. The van der Waals surface area contributed by atoms with Crippen molar-refractivity contribution in [3.05, 3.63) is 24.3 Å². The SMILES string of the molecule is CCN(CC)S(=O)(=O)c1ccc(N2CC(C(=O)OC)CC2=O)cc1. The molecule has 1 amide bonds. The van der Waals surface area contributed by atoms with Gasteiger partial charge in [0, 0.05) is 31.7 Å². The van der Waals surface area contributed by atoms with E-state index in [1.165, 1.54) is 28.4 Å². The minimum atomic E-state index is -3.53. The molecule has 1 saturated heterocycles.